The lowest BCUT2D eigenvalue weighted by Gasteiger charge is -2.14. The summed E-state index contributed by atoms with van der Waals surface area (Å²) in [5.74, 6) is -1.08. The van der Waals surface area contributed by atoms with Crippen molar-refractivity contribution in [2.45, 2.75) is 63.8 Å². The largest absolute Gasteiger partial charge is 0.480 e. The molecule has 0 rings (SSSR count). The highest BCUT2D eigenvalue weighted by Gasteiger charge is 2.24. The molecule has 0 saturated heterocycles. The zero-order valence-corrected chi connectivity index (χ0v) is 24.5. The second-order valence-corrected chi connectivity index (χ2v) is 11.0. The van der Waals surface area contributed by atoms with Crippen LogP contribution in [0.1, 0.15) is 57.8 Å². The number of hydrogen-bond donors (Lipinski definition) is 5. The topological polar surface area (TPSA) is 190 Å². The Bertz CT molecular complexity index is 640. The molecule has 1 amide bonds. The van der Waals surface area contributed by atoms with Crippen LogP contribution in [0.2, 0.25) is 0 Å². The number of carboxylic acids is 1. The lowest BCUT2D eigenvalue weighted by Crippen LogP contribution is -2.44. The van der Waals surface area contributed by atoms with Crippen LogP contribution in [0, 0.1) is 0 Å². The lowest BCUT2D eigenvalue weighted by atomic mass is 10.1. The number of hydrogen-bond acceptors (Lipinski definition) is 10. The minimum Gasteiger partial charge on any atom is -0.480 e. The highest BCUT2D eigenvalue weighted by atomic mass is 32.2. The maximum Gasteiger partial charge on any atom is 0.469 e. The third-order valence-corrected chi connectivity index (χ3v) is 6.73. The Morgan fingerprint density at radius 3 is 1.67 bits per heavy atom. The summed E-state index contributed by atoms with van der Waals surface area (Å²) in [4.78, 5) is 40.2. The Labute approximate surface area is 235 Å². The average Bonchev–Trinajstić information content (AvgIpc) is 2.88. The molecular formula is C24H48NO12PS. The van der Waals surface area contributed by atoms with Crippen molar-refractivity contribution in [3.63, 3.8) is 0 Å². The molecule has 0 unspecified atom stereocenters. The number of nitrogens with one attached hydrogen (secondary N) is 1. The van der Waals surface area contributed by atoms with E-state index in [4.69, 9.17) is 38.9 Å². The van der Waals surface area contributed by atoms with Crippen molar-refractivity contribution in [1.29, 1.82) is 0 Å². The maximum atomic E-state index is 11.8. The molecule has 0 fully saturated rings. The first kappa shape index (κ1) is 38.2. The van der Waals surface area contributed by atoms with Crippen LogP contribution >= 0.6 is 19.6 Å². The highest BCUT2D eigenvalue weighted by Crippen LogP contribution is 2.35. The molecule has 15 heteroatoms. The molecule has 39 heavy (non-hydrogen) atoms. The molecule has 0 bridgehead atoms. The molecule has 0 spiro atoms. The fraction of sp³-hybridized carbons (Fsp3) is 0.917. The number of carboxylic acid groups (broad SMARTS) is 1. The summed E-state index contributed by atoms with van der Waals surface area (Å²) in [6.07, 6.45) is 10.2. The fourth-order valence-electron chi connectivity index (χ4n) is 3.22. The number of aliphatic hydroxyl groups excluding tert-OH is 1. The van der Waals surface area contributed by atoms with E-state index >= 15 is 0 Å². The summed E-state index contributed by atoms with van der Waals surface area (Å²) >= 11 is 1.39. The van der Waals surface area contributed by atoms with Crippen LogP contribution in [0.5, 0.6) is 0 Å². The third-order valence-electron chi connectivity index (χ3n) is 5.20. The Balaban J connectivity index is 3.34. The zero-order chi connectivity index (χ0) is 29.0. The molecule has 0 heterocycles. The number of aliphatic carboxylic acids is 1. The number of phosphoric ester groups is 1. The van der Waals surface area contributed by atoms with E-state index < -0.39 is 32.3 Å². The molecule has 0 aromatic carbocycles. The first-order valence-corrected chi connectivity index (χ1v) is 16.2. The smallest absolute Gasteiger partial charge is 0.469 e. The van der Waals surface area contributed by atoms with Gasteiger partial charge in [-0.25, -0.2) is 9.36 Å². The highest BCUT2D eigenvalue weighted by molar-refractivity contribution is 7.99. The van der Waals surface area contributed by atoms with Gasteiger partial charge in [0.25, 0.3) is 0 Å². The molecule has 0 aliphatic heterocycles. The summed E-state index contributed by atoms with van der Waals surface area (Å²) in [7, 11) is -4.80. The van der Waals surface area contributed by atoms with Crippen LogP contribution in [0.3, 0.4) is 0 Å². The number of rotatable bonds is 30. The molecule has 232 valence electrons. The average molecular weight is 606 g/mol. The Kier molecular flexibility index (Phi) is 26.8. The van der Waals surface area contributed by atoms with Gasteiger partial charge in [0.1, 0.15) is 0 Å². The first-order chi connectivity index (χ1) is 18.8. The molecule has 0 radical (unpaired) electrons. The molecule has 5 N–H and O–H groups in total. The van der Waals surface area contributed by atoms with Gasteiger partial charge in [0.15, 0.2) is 6.04 Å². The van der Waals surface area contributed by atoms with Gasteiger partial charge in [-0.3, -0.25) is 9.32 Å². The fourth-order valence-corrected chi connectivity index (χ4v) is 4.38. The number of carbonyl (C=O) groups excluding carboxylic acids is 1. The van der Waals surface area contributed by atoms with Crippen molar-refractivity contribution in [3.05, 3.63) is 0 Å². The standard InChI is InChI=1S/C24H48NO12PS/c26-10-12-34-14-16-36-18-17-35-15-13-33-11-8-6-4-2-1-3-5-7-9-19-39-21-23(27)25-22(24(28)29)20-37-38(30,31)32/h22,26H,1-21H2,(H,25,27)(H,28,29)(H2,30,31,32)/t22-/m0/s1. The Hall–Kier alpha value is -0.800. The van der Waals surface area contributed by atoms with Crippen LogP contribution in [-0.4, -0.2) is 115 Å². The van der Waals surface area contributed by atoms with E-state index in [9.17, 15) is 14.2 Å². The van der Waals surface area contributed by atoms with Crippen LogP contribution < -0.4 is 5.32 Å². The quantitative estimate of drug-likeness (QED) is 0.0591. The second kappa shape index (κ2) is 27.4. The second-order valence-electron chi connectivity index (χ2n) is 8.65. The van der Waals surface area contributed by atoms with Crippen molar-refractivity contribution in [2.75, 3.05) is 77.6 Å². The SMILES string of the molecule is O=C(CSCCCCCCCCCCCOCCOCCOCCOCCO)N[C@@H](COP(=O)(O)O)C(=O)O. The number of phosphoric acid groups is 1. The van der Waals surface area contributed by atoms with Crippen molar-refractivity contribution in [2.24, 2.45) is 0 Å². The zero-order valence-electron chi connectivity index (χ0n) is 22.8. The molecule has 0 aromatic rings. The van der Waals surface area contributed by atoms with Gasteiger partial charge in [0.2, 0.25) is 5.91 Å². The minimum atomic E-state index is -4.80. The monoisotopic (exact) mass is 605 g/mol. The van der Waals surface area contributed by atoms with Crippen LogP contribution in [-0.2, 0) is 37.6 Å². The van der Waals surface area contributed by atoms with E-state index in [0.717, 1.165) is 44.5 Å². The van der Waals surface area contributed by atoms with E-state index in [0.29, 0.717) is 46.2 Å². The van der Waals surface area contributed by atoms with E-state index in [2.05, 4.69) is 9.84 Å². The van der Waals surface area contributed by atoms with Crippen molar-refractivity contribution in [1.82, 2.24) is 5.32 Å². The van der Waals surface area contributed by atoms with Gasteiger partial charge in [0.05, 0.1) is 65.2 Å². The number of thioether (sulfide) groups is 1. The lowest BCUT2D eigenvalue weighted by molar-refractivity contribution is -0.142. The molecule has 0 aromatic heterocycles. The van der Waals surface area contributed by atoms with Gasteiger partial charge in [-0.05, 0) is 18.6 Å². The summed E-state index contributed by atoms with van der Waals surface area (Å²) in [5.41, 5.74) is 0. The predicted molar refractivity (Wildman–Crippen MR) is 147 cm³/mol. The minimum absolute atomic E-state index is 0.0221. The van der Waals surface area contributed by atoms with E-state index in [1.54, 1.807) is 0 Å². The van der Waals surface area contributed by atoms with Gasteiger partial charge >= 0.3 is 13.8 Å². The Morgan fingerprint density at radius 2 is 1.18 bits per heavy atom. The summed E-state index contributed by atoms with van der Waals surface area (Å²) in [5, 5.41) is 19.8. The van der Waals surface area contributed by atoms with Crippen molar-refractivity contribution in [3.8, 4) is 0 Å². The number of amides is 1. The number of carbonyl (C=O) groups is 2. The molecule has 0 aliphatic carbocycles. The van der Waals surface area contributed by atoms with Crippen LogP contribution in [0.25, 0.3) is 0 Å². The molecular weight excluding hydrogens is 557 g/mol. The Morgan fingerprint density at radius 1 is 0.718 bits per heavy atom. The normalized spacial score (nSPS) is 12.5. The number of unbranched alkanes of at least 4 members (excludes halogenated alkanes) is 8. The molecule has 1 atom stereocenters. The maximum absolute atomic E-state index is 11.8. The van der Waals surface area contributed by atoms with Crippen molar-refractivity contribution < 1.29 is 57.6 Å². The molecule has 0 aliphatic rings. The van der Waals surface area contributed by atoms with Gasteiger partial charge < -0.3 is 44.3 Å². The summed E-state index contributed by atoms with van der Waals surface area (Å²) < 4.78 is 36.2. The van der Waals surface area contributed by atoms with E-state index in [1.807, 2.05) is 0 Å². The summed E-state index contributed by atoms with van der Waals surface area (Å²) in [6, 6.07) is -1.51. The first-order valence-electron chi connectivity index (χ1n) is 13.5. The van der Waals surface area contributed by atoms with Crippen molar-refractivity contribution >= 4 is 31.5 Å². The summed E-state index contributed by atoms with van der Waals surface area (Å²) in [6.45, 7) is 3.44. The van der Waals surface area contributed by atoms with Gasteiger partial charge in [0, 0.05) is 6.61 Å². The number of aliphatic hydroxyl groups is 1. The van der Waals surface area contributed by atoms with Gasteiger partial charge in [-0.1, -0.05) is 44.9 Å². The van der Waals surface area contributed by atoms with Crippen LogP contribution in [0.4, 0.5) is 0 Å². The van der Waals surface area contributed by atoms with Gasteiger partial charge in [-0.2, -0.15) is 11.8 Å². The van der Waals surface area contributed by atoms with Gasteiger partial charge in [-0.15, -0.1) is 0 Å². The molecule has 13 nitrogen and oxygen atoms in total. The third kappa shape index (κ3) is 30.0. The molecule has 0 saturated carbocycles. The number of ether oxygens (including phenoxy) is 4. The van der Waals surface area contributed by atoms with E-state index in [1.165, 1.54) is 37.4 Å². The predicted octanol–water partition coefficient (Wildman–Crippen LogP) is 1.97. The van der Waals surface area contributed by atoms with Crippen LogP contribution in [0.15, 0.2) is 0 Å². The van der Waals surface area contributed by atoms with E-state index in [-0.39, 0.29) is 12.4 Å².